The van der Waals surface area contributed by atoms with Crippen LogP contribution in [-0.2, 0) is 10.1 Å². The van der Waals surface area contributed by atoms with Gasteiger partial charge in [0.25, 0.3) is 0 Å². The molecule has 9 heteroatoms. The van der Waals surface area contributed by atoms with Crippen molar-refractivity contribution in [3.05, 3.63) is 64.4 Å². The second kappa shape index (κ2) is 7.07. The summed E-state index contributed by atoms with van der Waals surface area (Å²) in [6, 6.07) is 11.1. The molecule has 0 N–H and O–H groups in total. The molecule has 1 aromatic heterocycles. The molecular formula is C16H12BrClN2O4S. The van der Waals surface area contributed by atoms with Crippen molar-refractivity contribution >= 4 is 37.6 Å². The molecule has 3 aromatic rings. The van der Waals surface area contributed by atoms with Crippen LogP contribution in [0.1, 0.15) is 0 Å². The van der Waals surface area contributed by atoms with Gasteiger partial charge in [0.1, 0.15) is 5.75 Å². The lowest BCUT2D eigenvalue weighted by Gasteiger charge is -2.13. The van der Waals surface area contributed by atoms with Gasteiger partial charge >= 0.3 is 10.1 Å². The Morgan fingerprint density at radius 1 is 1.20 bits per heavy atom. The normalized spacial score (nSPS) is 11.3. The Labute approximate surface area is 158 Å². The monoisotopic (exact) mass is 442 g/mol. The Morgan fingerprint density at radius 2 is 1.92 bits per heavy atom. The summed E-state index contributed by atoms with van der Waals surface area (Å²) in [6.07, 6.45) is 3.43. The van der Waals surface area contributed by atoms with Crippen molar-refractivity contribution in [2.45, 2.75) is 4.90 Å². The van der Waals surface area contributed by atoms with E-state index in [0.717, 1.165) is 5.69 Å². The molecular weight excluding hydrogens is 432 g/mol. The first-order valence-electron chi connectivity index (χ1n) is 6.98. The summed E-state index contributed by atoms with van der Waals surface area (Å²) in [4.78, 5) is -0.162. The van der Waals surface area contributed by atoms with Gasteiger partial charge < -0.3 is 8.92 Å². The van der Waals surface area contributed by atoms with Crippen LogP contribution in [-0.4, -0.2) is 25.3 Å². The number of methoxy groups -OCH3 is 1. The molecule has 0 radical (unpaired) electrons. The molecule has 0 spiro atoms. The average molecular weight is 444 g/mol. The van der Waals surface area contributed by atoms with Crippen LogP contribution in [0.25, 0.3) is 5.69 Å². The lowest BCUT2D eigenvalue weighted by molar-refractivity contribution is 0.395. The molecule has 0 bridgehead atoms. The fourth-order valence-corrected chi connectivity index (χ4v) is 4.48. The van der Waals surface area contributed by atoms with E-state index in [0.29, 0.717) is 4.47 Å². The fourth-order valence-electron chi connectivity index (χ4n) is 2.17. The third-order valence-electron chi connectivity index (χ3n) is 3.26. The van der Waals surface area contributed by atoms with Crippen LogP contribution in [0.5, 0.6) is 11.5 Å². The molecule has 130 valence electrons. The van der Waals surface area contributed by atoms with Crippen LogP contribution in [0.2, 0.25) is 5.02 Å². The van der Waals surface area contributed by atoms with Gasteiger partial charge in [0.05, 0.1) is 17.3 Å². The van der Waals surface area contributed by atoms with Crippen LogP contribution < -0.4 is 8.92 Å². The highest BCUT2D eigenvalue weighted by Crippen LogP contribution is 2.36. The minimum atomic E-state index is -4.13. The van der Waals surface area contributed by atoms with Crippen LogP contribution >= 0.6 is 27.5 Å². The molecule has 0 aliphatic carbocycles. The van der Waals surface area contributed by atoms with Gasteiger partial charge in [-0.15, -0.1) is 0 Å². The lowest BCUT2D eigenvalue weighted by Crippen LogP contribution is -2.11. The van der Waals surface area contributed by atoms with Gasteiger partial charge in [0, 0.05) is 17.4 Å². The Bertz CT molecular complexity index is 990. The summed E-state index contributed by atoms with van der Waals surface area (Å²) >= 11 is 9.18. The molecule has 2 aromatic carbocycles. The Hall–Kier alpha value is -2.03. The summed E-state index contributed by atoms with van der Waals surface area (Å²) in [5.74, 6) is 0.284. The topological polar surface area (TPSA) is 70.4 Å². The summed E-state index contributed by atoms with van der Waals surface area (Å²) in [5, 5.41) is 4.34. The van der Waals surface area contributed by atoms with Gasteiger partial charge in [0.2, 0.25) is 0 Å². The first-order valence-corrected chi connectivity index (χ1v) is 9.56. The zero-order chi connectivity index (χ0) is 18.0. The number of nitrogens with zero attached hydrogens (tertiary/aromatic N) is 2. The van der Waals surface area contributed by atoms with Crippen molar-refractivity contribution in [2.24, 2.45) is 0 Å². The molecule has 0 aliphatic heterocycles. The van der Waals surface area contributed by atoms with Crippen LogP contribution in [0.4, 0.5) is 0 Å². The van der Waals surface area contributed by atoms with E-state index in [1.54, 1.807) is 47.4 Å². The van der Waals surface area contributed by atoms with Gasteiger partial charge in [-0.05, 0) is 58.4 Å². The van der Waals surface area contributed by atoms with Gasteiger partial charge in [-0.1, -0.05) is 11.6 Å². The van der Waals surface area contributed by atoms with Crippen molar-refractivity contribution in [3.63, 3.8) is 0 Å². The van der Waals surface area contributed by atoms with Gasteiger partial charge in [-0.2, -0.15) is 13.5 Å². The average Bonchev–Trinajstić information content (AvgIpc) is 3.09. The van der Waals surface area contributed by atoms with E-state index in [-0.39, 0.29) is 21.4 Å². The van der Waals surface area contributed by atoms with E-state index in [1.807, 2.05) is 0 Å². The molecule has 1 heterocycles. The largest absolute Gasteiger partial charge is 0.494 e. The van der Waals surface area contributed by atoms with Gasteiger partial charge in [-0.3, -0.25) is 0 Å². The van der Waals surface area contributed by atoms with Crippen LogP contribution in [0.15, 0.2) is 64.2 Å². The van der Waals surface area contributed by atoms with Crippen molar-refractivity contribution < 1.29 is 17.3 Å². The SMILES string of the molecule is COc1c(Br)cc(Cl)cc1S(=O)(=O)Oc1ccc(-n2cccn2)cc1. The fraction of sp³-hybridized carbons (Fsp3) is 0.0625. The van der Waals surface area contributed by atoms with Crippen LogP contribution in [0, 0.1) is 0 Å². The first-order chi connectivity index (χ1) is 11.9. The van der Waals surface area contributed by atoms with E-state index in [4.69, 9.17) is 20.5 Å². The Morgan fingerprint density at radius 3 is 2.52 bits per heavy atom. The molecule has 0 aliphatic rings. The second-order valence-corrected chi connectivity index (χ2v) is 7.71. The predicted octanol–water partition coefficient (Wildman–Crippen LogP) is 4.06. The molecule has 0 unspecified atom stereocenters. The molecule has 6 nitrogen and oxygen atoms in total. The summed E-state index contributed by atoms with van der Waals surface area (Å²) in [6.45, 7) is 0. The van der Waals surface area contributed by atoms with Crippen molar-refractivity contribution in [1.29, 1.82) is 0 Å². The van der Waals surface area contributed by atoms with Crippen molar-refractivity contribution in [1.82, 2.24) is 9.78 Å². The minimum Gasteiger partial charge on any atom is -0.494 e. The number of halogens is 2. The van der Waals surface area contributed by atoms with E-state index >= 15 is 0 Å². The number of rotatable bonds is 5. The molecule has 0 atom stereocenters. The third-order valence-corrected chi connectivity index (χ3v) is 5.32. The highest BCUT2D eigenvalue weighted by Gasteiger charge is 2.24. The maximum absolute atomic E-state index is 12.6. The molecule has 25 heavy (non-hydrogen) atoms. The molecule has 3 rings (SSSR count). The van der Waals surface area contributed by atoms with E-state index in [1.165, 1.54) is 19.2 Å². The summed E-state index contributed by atoms with van der Waals surface area (Å²) < 4.78 is 37.6. The quantitative estimate of drug-likeness (QED) is 0.556. The van der Waals surface area contributed by atoms with E-state index < -0.39 is 10.1 Å². The number of aromatic nitrogens is 2. The summed E-state index contributed by atoms with van der Waals surface area (Å²) in [5.41, 5.74) is 0.776. The lowest BCUT2D eigenvalue weighted by atomic mass is 10.3. The zero-order valence-electron chi connectivity index (χ0n) is 12.9. The predicted molar refractivity (Wildman–Crippen MR) is 97.1 cm³/mol. The smallest absolute Gasteiger partial charge is 0.343 e. The van der Waals surface area contributed by atoms with E-state index in [9.17, 15) is 8.42 Å². The Kier molecular flexibility index (Phi) is 5.03. The maximum atomic E-state index is 12.6. The molecule has 0 saturated carbocycles. The number of hydrogen-bond donors (Lipinski definition) is 0. The zero-order valence-corrected chi connectivity index (χ0v) is 16.0. The second-order valence-electron chi connectivity index (χ2n) is 4.90. The number of benzene rings is 2. The molecule has 0 amide bonds. The van der Waals surface area contributed by atoms with Gasteiger partial charge in [0.15, 0.2) is 10.6 Å². The summed E-state index contributed by atoms with van der Waals surface area (Å²) in [7, 11) is -2.76. The van der Waals surface area contributed by atoms with Gasteiger partial charge in [-0.25, -0.2) is 4.68 Å². The first kappa shape index (κ1) is 17.8. The molecule has 0 saturated heterocycles. The number of ether oxygens (including phenoxy) is 1. The molecule has 0 fully saturated rings. The highest BCUT2D eigenvalue weighted by molar-refractivity contribution is 9.10. The standard InChI is InChI=1S/C16H12BrClN2O4S/c1-23-16-14(17)9-11(18)10-15(16)25(21,22)24-13-5-3-12(4-6-13)20-8-2-7-19-20/h2-10H,1H3. The van der Waals surface area contributed by atoms with Crippen molar-refractivity contribution in [2.75, 3.05) is 7.11 Å². The van der Waals surface area contributed by atoms with Crippen LogP contribution in [0.3, 0.4) is 0 Å². The Balaban J connectivity index is 1.92. The minimum absolute atomic E-state index is 0.123. The van der Waals surface area contributed by atoms with E-state index in [2.05, 4.69) is 21.0 Å². The third kappa shape index (κ3) is 3.81. The number of hydrogen-bond acceptors (Lipinski definition) is 5. The highest BCUT2D eigenvalue weighted by atomic mass is 79.9. The van der Waals surface area contributed by atoms with Crippen molar-refractivity contribution in [3.8, 4) is 17.2 Å². The maximum Gasteiger partial charge on any atom is 0.343 e.